The predicted molar refractivity (Wildman–Crippen MR) is 121 cm³/mol. The van der Waals surface area contributed by atoms with Crippen molar-refractivity contribution in [2.75, 3.05) is 18.4 Å². The second-order valence-electron chi connectivity index (χ2n) is 7.82. The Bertz CT molecular complexity index is 888. The smallest absolute Gasteiger partial charge is 0.222 e. The molecule has 0 radical (unpaired) electrons. The Hall–Kier alpha value is -2.92. The van der Waals surface area contributed by atoms with E-state index in [1.54, 1.807) is 12.4 Å². The summed E-state index contributed by atoms with van der Waals surface area (Å²) < 4.78 is 6.22. The number of aromatic nitrogens is 2. The molecule has 0 saturated carbocycles. The predicted octanol–water partition coefficient (Wildman–Crippen LogP) is 4.26. The molecule has 1 aliphatic rings. The van der Waals surface area contributed by atoms with E-state index in [1.165, 1.54) is 11.1 Å². The molecule has 5 heteroatoms. The fourth-order valence-corrected chi connectivity index (χ4v) is 3.94. The Morgan fingerprint density at radius 1 is 0.967 bits per heavy atom. The quantitative estimate of drug-likeness (QED) is 0.496. The molecule has 3 aromatic rings. The van der Waals surface area contributed by atoms with Gasteiger partial charge in [-0.05, 0) is 55.4 Å². The molecular weight excluding hydrogens is 372 g/mol. The second-order valence-corrected chi connectivity index (χ2v) is 7.82. The molecular formula is C25H30N4O. The average molecular weight is 403 g/mol. The van der Waals surface area contributed by atoms with Gasteiger partial charge in [0.05, 0.1) is 0 Å². The van der Waals surface area contributed by atoms with Crippen LogP contribution in [-0.4, -0.2) is 35.2 Å². The molecule has 30 heavy (non-hydrogen) atoms. The number of nitrogens with one attached hydrogen (secondary N) is 2. The van der Waals surface area contributed by atoms with Crippen LogP contribution in [0, 0.1) is 0 Å². The summed E-state index contributed by atoms with van der Waals surface area (Å²) in [6, 6.07) is 21.3. The van der Waals surface area contributed by atoms with Crippen molar-refractivity contribution in [2.24, 2.45) is 0 Å². The van der Waals surface area contributed by atoms with Gasteiger partial charge >= 0.3 is 0 Å². The monoisotopic (exact) mass is 402 g/mol. The fraction of sp³-hybridized carbons (Fsp3) is 0.360. The van der Waals surface area contributed by atoms with E-state index < -0.39 is 0 Å². The molecule has 0 aliphatic carbocycles. The van der Waals surface area contributed by atoms with Crippen molar-refractivity contribution in [1.82, 2.24) is 15.3 Å². The summed E-state index contributed by atoms with van der Waals surface area (Å²) in [7, 11) is 0. The number of hydrogen-bond acceptors (Lipinski definition) is 5. The van der Waals surface area contributed by atoms with Crippen LogP contribution in [0.1, 0.15) is 30.4 Å². The maximum absolute atomic E-state index is 6.22. The number of aryl methyl sites for hydroxylation is 1. The molecule has 156 valence electrons. The Labute approximate surface area is 178 Å². The highest BCUT2D eigenvalue weighted by molar-refractivity contribution is 5.35. The van der Waals surface area contributed by atoms with E-state index >= 15 is 0 Å². The van der Waals surface area contributed by atoms with Gasteiger partial charge in [0.15, 0.2) is 0 Å². The normalized spacial score (nSPS) is 16.3. The van der Waals surface area contributed by atoms with Crippen molar-refractivity contribution in [3.63, 3.8) is 0 Å². The first-order valence-corrected chi connectivity index (χ1v) is 10.9. The minimum absolute atomic E-state index is 0.231. The minimum Gasteiger partial charge on any atom is -0.489 e. The third-order valence-electron chi connectivity index (χ3n) is 5.54. The van der Waals surface area contributed by atoms with Gasteiger partial charge in [-0.3, -0.25) is 0 Å². The van der Waals surface area contributed by atoms with Gasteiger partial charge in [-0.2, -0.15) is 0 Å². The Morgan fingerprint density at radius 2 is 1.77 bits per heavy atom. The molecule has 0 amide bonds. The number of ether oxygens (including phenoxy) is 1. The van der Waals surface area contributed by atoms with Crippen LogP contribution < -0.4 is 15.4 Å². The van der Waals surface area contributed by atoms with Gasteiger partial charge in [0.1, 0.15) is 11.9 Å². The molecule has 5 nitrogen and oxygen atoms in total. The highest BCUT2D eigenvalue weighted by Gasteiger charge is 2.20. The summed E-state index contributed by atoms with van der Waals surface area (Å²) in [5.74, 6) is 1.74. The maximum atomic E-state index is 6.22. The van der Waals surface area contributed by atoms with Gasteiger partial charge in [-0.1, -0.05) is 48.5 Å². The topological polar surface area (TPSA) is 59.1 Å². The number of benzene rings is 2. The van der Waals surface area contributed by atoms with Crippen LogP contribution in [0.5, 0.6) is 5.75 Å². The number of rotatable bonds is 10. The Balaban J connectivity index is 1.28. The van der Waals surface area contributed by atoms with Gasteiger partial charge in [-0.15, -0.1) is 0 Å². The molecule has 1 aromatic heterocycles. The zero-order valence-electron chi connectivity index (χ0n) is 17.3. The highest BCUT2D eigenvalue weighted by atomic mass is 16.5. The third-order valence-corrected chi connectivity index (χ3v) is 5.54. The molecule has 2 heterocycles. The molecule has 2 N–H and O–H groups in total. The minimum atomic E-state index is 0.231. The van der Waals surface area contributed by atoms with Gasteiger partial charge in [0.2, 0.25) is 5.95 Å². The molecule has 1 unspecified atom stereocenters. The fourth-order valence-electron chi connectivity index (χ4n) is 3.94. The van der Waals surface area contributed by atoms with E-state index in [4.69, 9.17) is 4.74 Å². The van der Waals surface area contributed by atoms with E-state index in [1.807, 2.05) is 6.07 Å². The summed E-state index contributed by atoms with van der Waals surface area (Å²) in [6.45, 7) is 1.74. The van der Waals surface area contributed by atoms with Crippen LogP contribution in [0.15, 0.2) is 73.1 Å². The van der Waals surface area contributed by atoms with Crippen LogP contribution in [0.3, 0.4) is 0 Å². The lowest BCUT2D eigenvalue weighted by Crippen LogP contribution is -2.40. The standard InChI is InChI=1S/C25H30N4O/c1-2-8-20(9-3-1)18-22(11-6-15-26-25-27-16-7-17-28-25)29-19-23-14-13-21-10-4-5-12-24(21)30-23/h1-5,7-10,12,16-17,22-23,29H,6,11,13-15,18-19H2,(H,26,27,28)/t22?,23-/m0/s1. The summed E-state index contributed by atoms with van der Waals surface area (Å²) in [6.07, 6.45) is 9.06. The number of anilines is 1. The van der Waals surface area contributed by atoms with Crippen molar-refractivity contribution in [2.45, 2.75) is 44.2 Å². The van der Waals surface area contributed by atoms with Crippen molar-refractivity contribution < 1.29 is 4.74 Å². The van der Waals surface area contributed by atoms with Crippen LogP contribution in [0.4, 0.5) is 5.95 Å². The molecule has 0 bridgehead atoms. The van der Waals surface area contributed by atoms with Crippen LogP contribution in [0.25, 0.3) is 0 Å². The second kappa shape index (κ2) is 10.7. The van der Waals surface area contributed by atoms with Crippen molar-refractivity contribution in [3.05, 3.63) is 84.2 Å². The summed E-state index contributed by atoms with van der Waals surface area (Å²) in [5, 5.41) is 7.09. The molecule has 2 aromatic carbocycles. The number of para-hydroxylation sites is 1. The SMILES string of the molecule is c1ccc(CC(CCCNc2ncccn2)NC[C@@H]2CCc3ccccc3O2)cc1. The van der Waals surface area contributed by atoms with Crippen molar-refractivity contribution >= 4 is 5.95 Å². The van der Waals surface area contributed by atoms with E-state index in [0.717, 1.165) is 50.9 Å². The lowest BCUT2D eigenvalue weighted by atomic mass is 9.99. The first-order chi connectivity index (χ1) is 14.9. The van der Waals surface area contributed by atoms with Crippen LogP contribution in [0.2, 0.25) is 0 Å². The lowest BCUT2D eigenvalue weighted by Gasteiger charge is -2.28. The van der Waals surface area contributed by atoms with Crippen LogP contribution in [-0.2, 0) is 12.8 Å². The molecule has 2 atom stereocenters. The van der Waals surface area contributed by atoms with Gasteiger partial charge in [0.25, 0.3) is 0 Å². The van der Waals surface area contributed by atoms with E-state index in [9.17, 15) is 0 Å². The largest absolute Gasteiger partial charge is 0.489 e. The summed E-state index contributed by atoms with van der Waals surface area (Å²) >= 11 is 0. The number of fused-ring (bicyclic) bond motifs is 1. The van der Waals surface area contributed by atoms with Crippen LogP contribution >= 0.6 is 0 Å². The molecule has 1 aliphatic heterocycles. The summed E-state index contributed by atoms with van der Waals surface area (Å²) in [4.78, 5) is 8.45. The zero-order chi connectivity index (χ0) is 20.4. The number of hydrogen-bond donors (Lipinski definition) is 2. The molecule has 0 fully saturated rings. The van der Waals surface area contributed by atoms with Gasteiger partial charge in [0, 0.05) is 31.5 Å². The summed E-state index contributed by atoms with van der Waals surface area (Å²) in [5.41, 5.74) is 2.69. The van der Waals surface area contributed by atoms with Crippen molar-refractivity contribution in [1.29, 1.82) is 0 Å². The molecule has 0 spiro atoms. The first-order valence-electron chi connectivity index (χ1n) is 10.9. The van der Waals surface area contributed by atoms with E-state index in [-0.39, 0.29) is 6.10 Å². The third kappa shape index (κ3) is 6.04. The van der Waals surface area contributed by atoms with Crippen molar-refractivity contribution in [3.8, 4) is 5.75 Å². The van der Waals surface area contributed by atoms with Gasteiger partial charge in [-0.25, -0.2) is 9.97 Å². The van der Waals surface area contributed by atoms with Gasteiger partial charge < -0.3 is 15.4 Å². The molecule has 0 saturated heterocycles. The zero-order valence-corrected chi connectivity index (χ0v) is 17.3. The maximum Gasteiger partial charge on any atom is 0.222 e. The molecule has 4 rings (SSSR count). The Morgan fingerprint density at radius 3 is 2.63 bits per heavy atom. The van der Waals surface area contributed by atoms with E-state index in [0.29, 0.717) is 12.0 Å². The van der Waals surface area contributed by atoms with E-state index in [2.05, 4.69) is 75.2 Å². The number of nitrogens with zero attached hydrogens (tertiary/aromatic N) is 2. The first kappa shape index (κ1) is 20.4. The lowest BCUT2D eigenvalue weighted by molar-refractivity contribution is 0.165. The highest BCUT2D eigenvalue weighted by Crippen LogP contribution is 2.26. The average Bonchev–Trinajstić information content (AvgIpc) is 2.81. The Kier molecular flexibility index (Phi) is 7.29.